The van der Waals surface area contributed by atoms with Gasteiger partial charge in [-0.25, -0.2) is 0 Å². The molecule has 112 valence electrons. The normalized spacial score (nSPS) is 25.2. The lowest BCUT2D eigenvalue weighted by Crippen LogP contribution is -2.50. The number of hydrogen-bond donors (Lipinski definition) is 1. The van der Waals surface area contributed by atoms with Gasteiger partial charge in [0.1, 0.15) is 0 Å². The van der Waals surface area contributed by atoms with Crippen molar-refractivity contribution in [3.05, 3.63) is 21.9 Å². The van der Waals surface area contributed by atoms with Gasteiger partial charge in [0.05, 0.1) is 0 Å². The van der Waals surface area contributed by atoms with Crippen molar-refractivity contribution >= 4 is 11.3 Å². The van der Waals surface area contributed by atoms with E-state index in [1.807, 2.05) is 11.3 Å². The lowest BCUT2D eigenvalue weighted by Gasteiger charge is -2.38. The monoisotopic (exact) mass is 293 g/mol. The molecule has 1 saturated heterocycles. The summed E-state index contributed by atoms with van der Waals surface area (Å²) in [4.78, 5) is 8.15. The van der Waals surface area contributed by atoms with Crippen molar-refractivity contribution in [2.24, 2.45) is 0 Å². The molecule has 1 aliphatic carbocycles. The summed E-state index contributed by atoms with van der Waals surface area (Å²) in [6, 6.07) is 6.18. The Balaban J connectivity index is 1.49. The summed E-state index contributed by atoms with van der Waals surface area (Å²) in [7, 11) is 2.26. The van der Waals surface area contributed by atoms with Gasteiger partial charge in [0.25, 0.3) is 0 Å². The zero-order valence-corrected chi connectivity index (χ0v) is 13.6. The molecule has 0 spiro atoms. The fourth-order valence-corrected chi connectivity index (χ4v) is 3.96. The van der Waals surface area contributed by atoms with Gasteiger partial charge in [-0.3, -0.25) is 4.90 Å². The largest absolute Gasteiger partial charge is 0.309 e. The van der Waals surface area contributed by atoms with E-state index < -0.39 is 0 Å². The Hall–Kier alpha value is -0.420. The van der Waals surface area contributed by atoms with Crippen molar-refractivity contribution in [3.8, 4) is 0 Å². The molecule has 0 radical (unpaired) electrons. The van der Waals surface area contributed by atoms with E-state index in [1.165, 1.54) is 48.7 Å². The standard InChI is InChI=1S/C16H27N3S/c1-3-14-11-19(9-8-18(14)2)12-16-7-6-15(20-16)10-17-13-4-5-13/h6-7,13-14,17H,3-5,8-12H2,1-2H3. The Morgan fingerprint density at radius 3 is 2.80 bits per heavy atom. The first-order valence-corrected chi connectivity index (χ1v) is 8.80. The van der Waals surface area contributed by atoms with Gasteiger partial charge in [0, 0.05) is 54.6 Å². The minimum atomic E-state index is 0.736. The van der Waals surface area contributed by atoms with Gasteiger partial charge in [-0.2, -0.15) is 0 Å². The highest BCUT2D eigenvalue weighted by Crippen LogP contribution is 2.23. The first-order valence-electron chi connectivity index (χ1n) is 7.98. The van der Waals surface area contributed by atoms with Crippen LogP contribution in [0.4, 0.5) is 0 Å². The summed E-state index contributed by atoms with van der Waals surface area (Å²) in [6.07, 6.45) is 4.00. The van der Waals surface area contributed by atoms with Crippen LogP contribution >= 0.6 is 11.3 Å². The average Bonchev–Trinajstić information content (AvgIpc) is 3.18. The lowest BCUT2D eigenvalue weighted by molar-refractivity contribution is 0.0891. The highest BCUT2D eigenvalue weighted by molar-refractivity contribution is 7.11. The van der Waals surface area contributed by atoms with Crippen LogP contribution in [-0.4, -0.2) is 48.6 Å². The van der Waals surface area contributed by atoms with Crippen LogP contribution in [0, 0.1) is 0 Å². The van der Waals surface area contributed by atoms with E-state index >= 15 is 0 Å². The van der Waals surface area contributed by atoms with Crippen molar-refractivity contribution in [1.82, 2.24) is 15.1 Å². The van der Waals surface area contributed by atoms with Crippen LogP contribution in [0.5, 0.6) is 0 Å². The summed E-state index contributed by atoms with van der Waals surface area (Å²) in [5.74, 6) is 0. The molecule has 2 aliphatic rings. The molecule has 1 aliphatic heterocycles. The van der Waals surface area contributed by atoms with Crippen molar-refractivity contribution in [2.45, 2.75) is 51.4 Å². The zero-order chi connectivity index (χ0) is 13.9. The molecule has 0 aromatic carbocycles. The van der Waals surface area contributed by atoms with E-state index in [2.05, 4.69) is 41.2 Å². The maximum atomic E-state index is 3.60. The fourth-order valence-electron chi connectivity index (χ4n) is 2.95. The first kappa shape index (κ1) is 14.5. The van der Waals surface area contributed by atoms with Crippen LogP contribution in [0.3, 0.4) is 0 Å². The van der Waals surface area contributed by atoms with Crippen LogP contribution in [0.25, 0.3) is 0 Å². The Kier molecular flexibility index (Phi) is 4.76. The molecule has 1 aromatic heterocycles. The summed E-state index contributed by atoms with van der Waals surface area (Å²) in [5, 5.41) is 3.60. The Labute approximate surface area is 127 Å². The van der Waals surface area contributed by atoms with Crippen LogP contribution in [0.1, 0.15) is 35.9 Å². The first-order chi connectivity index (χ1) is 9.74. The van der Waals surface area contributed by atoms with Crippen molar-refractivity contribution < 1.29 is 0 Å². The third-order valence-electron chi connectivity index (χ3n) is 4.57. The molecule has 2 fully saturated rings. The summed E-state index contributed by atoms with van der Waals surface area (Å²) in [6.45, 7) is 8.15. The Bertz CT molecular complexity index is 427. The highest BCUT2D eigenvalue weighted by atomic mass is 32.1. The maximum Gasteiger partial charge on any atom is 0.0329 e. The van der Waals surface area contributed by atoms with E-state index in [-0.39, 0.29) is 0 Å². The molecule has 1 atom stereocenters. The van der Waals surface area contributed by atoms with Gasteiger partial charge in [-0.15, -0.1) is 11.3 Å². The lowest BCUT2D eigenvalue weighted by atomic mass is 10.1. The van der Waals surface area contributed by atoms with Crippen molar-refractivity contribution in [2.75, 3.05) is 26.7 Å². The second kappa shape index (κ2) is 6.56. The second-order valence-electron chi connectivity index (χ2n) is 6.30. The zero-order valence-electron chi connectivity index (χ0n) is 12.8. The summed E-state index contributed by atoms with van der Waals surface area (Å²) >= 11 is 1.99. The van der Waals surface area contributed by atoms with Gasteiger partial charge in [-0.1, -0.05) is 6.92 Å². The fraction of sp³-hybridized carbons (Fsp3) is 0.750. The molecule has 20 heavy (non-hydrogen) atoms. The van der Waals surface area contributed by atoms with Crippen LogP contribution < -0.4 is 5.32 Å². The minimum absolute atomic E-state index is 0.736. The molecule has 0 bridgehead atoms. The van der Waals surface area contributed by atoms with Gasteiger partial charge in [-0.05, 0) is 38.4 Å². The van der Waals surface area contributed by atoms with Crippen LogP contribution in [0.2, 0.25) is 0 Å². The number of hydrogen-bond acceptors (Lipinski definition) is 4. The smallest absolute Gasteiger partial charge is 0.0329 e. The van der Waals surface area contributed by atoms with E-state index in [1.54, 1.807) is 0 Å². The van der Waals surface area contributed by atoms with Gasteiger partial charge < -0.3 is 10.2 Å². The molecule has 2 heterocycles. The molecular weight excluding hydrogens is 266 g/mol. The number of thiophene rings is 1. The number of nitrogens with zero attached hydrogens (tertiary/aromatic N) is 2. The third-order valence-corrected chi connectivity index (χ3v) is 5.64. The number of likely N-dealkylation sites (N-methyl/N-ethyl adjacent to an activating group) is 1. The molecule has 1 aromatic rings. The maximum absolute atomic E-state index is 3.60. The highest BCUT2D eigenvalue weighted by Gasteiger charge is 2.23. The van der Waals surface area contributed by atoms with Gasteiger partial charge in [0.15, 0.2) is 0 Å². The summed E-state index contributed by atoms with van der Waals surface area (Å²) in [5.41, 5.74) is 0. The predicted molar refractivity (Wildman–Crippen MR) is 86.2 cm³/mol. The SMILES string of the molecule is CCC1CN(Cc2ccc(CNC3CC3)s2)CCN1C. The van der Waals surface area contributed by atoms with Crippen molar-refractivity contribution in [1.29, 1.82) is 0 Å². The second-order valence-corrected chi connectivity index (χ2v) is 7.55. The van der Waals surface area contributed by atoms with Crippen molar-refractivity contribution in [3.63, 3.8) is 0 Å². The predicted octanol–water partition coefficient (Wildman–Crippen LogP) is 2.53. The van der Waals surface area contributed by atoms with E-state index in [0.29, 0.717) is 0 Å². The number of nitrogens with one attached hydrogen (secondary N) is 1. The van der Waals surface area contributed by atoms with Crippen LogP contribution in [-0.2, 0) is 13.1 Å². The molecular formula is C16H27N3S. The van der Waals surface area contributed by atoms with Gasteiger partial charge >= 0.3 is 0 Å². The number of piperazine rings is 1. The molecule has 4 heteroatoms. The molecule has 3 rings (SSSR count). The topological polar surface area (TPSA) is 18.5 Å². The Morgan fingerprint density at radius 2 is 2.05 bits per heavy atom. The average molecular weight is 293 g/mol. The van der Waals surface area contributed by atoms with Crippen LogP contribution in [0.15, 0.2) is 12.1 Å². The van der Waals surface area contributed by atoms with E-state index in [0.717, 1.165) is 25.2 Å². The van der Waals surface area contributed by atoms with E-state index in [9.17, 15) is 0 Å². The number of rotatable bonds is 6. The quantitative estimate of drug-likeness (QED) is 0.869. The third kappa shape index (κ3) is 3.82. The molecule has 0 amide bonds. The molecule has 1 unspecified atom stereocenters. The molecule has 1 N–H and O–H groups in total. The van der Waals surface area contributed by atoms with E-state index in [4.69, 9.17) is 0 Å². The summed E-state index contributed by atoms with van der Waals surface area (Å²) < 4.78 is 0. The Morgan fingerprint density at radius 1 is 1.25 bits per heavy atom. The minimum Gasteiger partial charge on any atom is -0.309 e. The molecule has 1 saturated carbocycles. The van der Waals surface area contributed by atoms with Gasteiger partial charge in [0.2, 0.25) is 0 Å². The molecule has 3 nitrogen and oxygen atoms in total.